The Morgan fingerprint density at radius 2 is 1.69 bits per heavy atom. The lowest BCUT2D eigenvalue weighted by Crippen LogP contribution is -2.06. The van der Waals surface area contributed by atoms with Crippen LogP contribution >= 0.6 is 0 Å². The van der Waals surface area contributed by atoms with Crippen molar-refractivity contribution >= 4 is 11.3 Å². The summed E-state index contributed by atoms with van der Waals surface area (Å²) in [6.07, 6.45) is 0. The van der Waals surface area contributed by atoms with Crippen molar-refractivity contribution in [1.29, 1.82) is 0 Å². The van der Waals surface area contributed by atoms with Gasteiger partial charge in [-0.05, 0) is 20.8 Å². The molecule has 0 amide bonds. The minimum Gasteiger partial charge on any atom is -0.382 e. The molecule has 0 aliphatic rings. The van der Waals surface area contributed by atoms with Gasteiger partial charge in [-0.2, -0.15) is 0 Å². The van der Waals surface area contributed by atoms with Gasteiger partial charge in [0.25, 0.3) is 0 Å². The SMILES string of the molecule is Cc1nc(N)c2c(C)nc(C(C)C)n2c1C. The zero-order chi connectivity index (χ0) is 12.0. The van der Waals surface area contributed by atoms with Gasteiger partial charge in [-0.3, -0.25) is 4.40 Å². The molecule has 0 unspecified atom stereocenters. The highest BCUT2D eigenvalue weighted by Crippen LogP contribution is 2.25. The summed E-state index contributed by atoms with van der Waals surface area (Å²) in [5, 5.41) is 0. The van der Waals surface area contributed by atoms with Crippen LogP contribution < -0.4 is 5.73 Å². The maximum absolute atomic E-state index is 5.97. The number of hydrogen-bond donors (Lipinski definition) is 1. The number of nitrogens with zero attached hydrogens (tertiary/aromatic N) is 3. The Morgan fingerprint density at radius 3 is 2.25 bits per heavy atom. The van der Waals surface area contributed by atoms with Gasteiger partial charge in [-0.1, -0.05) is 13.8 Å². The predicted octanol–water partition coefficient (Wildman–Crippen LogP) is 2.36. The number of nitrogens with two attached hydrogens (primary N) is 1. The number of aromatic nitrogens is 3. The fourth-order valence-electron chi connectivity index (χ4n) is 2.05. The van der Waals surface area contributed by atoms with Crippen LogP contribution in [0.15, 0.2) is 0 Å². The van der Waals surface area contributed by atoms with E-state index in [-0.39, 0.29) is 0 Å². The highest BCUT2D eigenvalue weighted by molar-refractivity contribution is 5.70. The van der Waals surface area contributed by atoms with Crippen LogP contribution in [-0.2, 0) is 0 Å². The quantitative estimate of drug-likeness (QED) is 0.799. The normalized spacial score (nSPS) is 11.6. The molecule has 2 N–H and O–H groups in total. The van der Waals surface area contributed by atoms with Gasteiger partial charge >= 0.3 is 0 Å². The molecule has 0 aliphatic carbocycles. The van der Waals surface area contributed by atoms with E-state index in [2.05, 4.69) is 35.1 Å². The number of hydrogen-bond acceptors (Lipinski definition) is 3. The maximum Gasteiger partial charge on any atom is 0.150 e. The molecule has 0 atom stereocenters. The van der Waals surface area contributed by atoms with Crippen LogP contribution in [0.2, 0.25) is 0 Å². The van der Waals surface area contributed by atoms with E-state index in [4.69, 9.17) is 5.73 Å². The Labute approximate surface area is 95.5 Å². The highest BCUT2D eigenvalue weighted by Gasteiger charge is 2.16. The zero-order valence-corrected chi connectivity index (χ0v) is 10.5. The van der Waals surface area contributed by atoms with Crippen molar-refractivity contribution in [2.24, 2.45) is 0 Å². The van der Waals surface area contributed by atoms with E-state index < -0.39 is 0 Å². The molecule has 2 aromatic rings. The van der Waals surface area contributed by atoms with Gasteiger partial charge in [-0.15, -0.1) is 0 Å². The van der Waals surface area contributed by atoms with Crippen LogP contribution in [0.4, 0.5) is 5.82 Å². The Kier molecular flexibility index (Phi) is 2.37. The number of nitrogen functional groups attached to an aromatic ring is 1. The molecule has 0 aliphatic heterocycles. The Bertz CT molecular complexity index is 552. The maximum atomic E-state index is 5.97. The van der Waals surface area contributed by atoms with E-state index in [1.165, 1.54) is 0 Å². The molecule has 0 spiro atoms. The molecule has 0 saturated carbocycles. The molecular formula is C12H18N4. The van der Waals surface area contributed by atoms with Crippen molar-refractivity contribution in [2.75, 3.05) is 5.73 Å². The average molecular weight is 218 g/mol. The summed E-state index contributed by atoms with van der Waals surface area (Å²) in [4.78, 5) is 8.95. The van der Waals surface area contributed by atoms with Gasteiger partial charge in [0.15, 0.2) is 0 Å². The fraction of sp³-hybridized carbons (Fsp3) is 0.500. The van der Waals surface area contributed by atoms with Crippen LogP contribution in [0.5, 0.6) is 0 Å². The largest absolute Gasteiger partial charge is 0.382 e. The summed E-state index contributed by atoms with van der Waals surface area (Å²) < 4.78 is 2.14. The number of anilines is 1. The lowest BCUT2D eigenvalue weighted by molar-refractivity contribution is 0.755. The molecule has 0 saturated heterocycles. The molecule has 2 heterocycles. The summed E-state index contributed by atoms with van der Waals surface area (Å²) in [6.45, 7) is 10.3. The van der Waals surface area contributed by atoms with Crippen LogP contribution in [0.25, 0.3) is 5.52 Å². The van der Waals surface area contributed by atoms with Crippen molar-refractivity contribution in [3.8, 4) is 0 Å². The third kappa shape index (κ3) is 1.37. The van der Waals surface area contributed by atoms with E-state index in [1.807, 2.05) is 13.8 Å². The molecule has 0 fully saturated rings. The molecule has 4 heteroatoms. The molecule has 2 rings (SSSR count). The van der Waals surface area contributed by atoms with Gasteiger partial charge in [0.05, 0.1) is 11.4 Å². The number of aryl methyl sites for hydroxylation is 3. The van der Waals surface area contributed by atoms with Crippen molar-refractivity contribution in [1.82, 2.24) is 14.4 Å². The van der Waals surface area contributed by atoms with E-state index in [9.17, 15) is 0 Å². The molecule has 0 aromatic carbocycles. The smallest absolute Gasteiger partial charge is 0.150 e. The first kappa shape index (κ1) is 10.9. The summed E-state index contributed by atoms with van der Waals surface area (Å²) >= 11 is 0. The summed E-state index contributed by atoms with van der Waals surface area (Å²) in [6, 6.07) is 0. The minimum atomic E-state index is 0.376. The standard InChI is InChI=1S/C12H18N4/c1-6(2)12-15-8(4)10-11(13)14-7(3)9(5)16(10)12/h6H,1-5H3,(H2,13,14). The van der Waals surface area contributed by atoms with Gasteiger partial charge in [0.1, 0.15) is 17.2 Å². The topological polar surface area (TPSA) is 56.2 Å². The van der Waals surface area contributed by atoms with Crippen LogP contribution in [0.1, 0.15) is 42.7 Å². The van der Waals surface area contributed by atoms with Gasteiger partial charge in [0.2, 0.25) is 0 Å². The lowest BCUT2D eigenvalue weighted by Gasteiger charge is -2.10. The molecule has 86 valence electrons. The fourth-order valence-corrected chi connectivity index (χ4v) is 2.05. The summed E-state index contributed by atoms with van der Waals surface area (Å²) in [5.41, 5.74) is 9.96. The number of rotatable bonds is 1. The van der Waals surface area contributed by atoms with E-state index in [0.717, 1.165) is 28.4 Å². The second-order valence-corrected chi connectivity index (χ2v) is 4.56. The molecular weight excluding hydrogens is 200 g/mol. The first-order chi connectivity index (χ1) is 7.43. The third-order valence-electron chi connectivity index (χ3n) is 2.98. The van der Waals surface area contributed by atoms with Crippen molar-refractivity contribution in [3.05, 3.63) is 22.9 Å². The molecule has 16 heavy (non-hydrogen) atoms. The second kappa shape index (κ2) is 3.47. The van der Waals surface area contributed by atoms with Gasteiger partial charge < -0.3 is 5.73 Å². The lowest BCUT2D eigenvalue weighted by atomic mass is 10.2. The molecule has 2 aromatic heterocycles. The van der Waals surface area contributed by atoms with E-state index in [1.54, 1.807) is 0 Å². The molecule has 4 nitrogen and oxygen atoms in total. The highest BCUT2D eigenvalue weighted by atomic mass is 15.1. The van der Waals surface area contributed by atoms with Gasteiger partial charge in [-0.25, -0.2) is 9.97 Å². The Hall–Kier alpha value is -1.58. The van der Waals surface area contributed by atoms with E-state index in [0.29, 0.717) is 11.7 Å². The molecule has 0 bridgehead atoms. The first-order valence-electron chi connectivity index (χ1n) is 5.55. The third-order valence-corrected chi connectivity index (χ3v) is 2.98. The van der Waals surface area contributed by atoms with Crippen molar-refractivity contribution in [3.63, 3.8) is 0 Å². The second-order valence-electron chi connectivity index (χ2n) is 4.56. The Balaban J connectivity index is 2.97. The summed E-state index contributed by atoms with van der Waals surface area (Å²) in [5.74, 6) is 2.00. The van der Waals surface area contributed by atoms with Crippen LogP contribution in [-0.4, -0.2) is 14.4 Å². The average Bonchev–Trinajstić information content (AvgIpc) is 2.53. The number of imidazole rings is 1. The van der Waals surface area contributed by atoms with Crippen molar-refractivity contribution < 1.29 is 0 Å². The molecule has 0 radical (unpaired) electrons. The van der Waals surface area contributed by atoms with E-state index >= 15 is 0 Å². The predicted molar refractivity (Wildman–Crippen MR) is 65.7 cm³/mol. The monoisotopic (exact) mass is 218 g/mol. The number of fused-ring (bicyclic) bond motifs is 1. The minimum absolute atomic E-state index is 0.376. The van der Waals surface area contributed by atoms with Gasteiger partial charge in [0, 0.05) is 11.6 Å². The first-order valence-corrected chi connectivity index (χ1v) is 5.55. The zero-order valence-electron chi connectivity index (χ0n) is 10.5. The van der Waals surface area contributed by atoms with Crippen LogP contribution in [0.3, 0.4) is 0 Å². The van der Waals surface area contributed by atoms with Crippen LogP contribution in [0, 0.1) is 20.8 Å². The van der Waals surface area contributed by atoms with Crippen molar-refractivity contribution in [2.45, 2.75) is 40.5 Å². The summed E-state index contributed by atoms with van der Waals surface area (Å²) in [7, 11) is 0. The Morgan fingerprint density at radius 1 is 1.06 bits per heavy atom.